The molecule has 0 spiro atoms. The molecule has 0 fully saturated rings. The van der Waals surface area contributed by atoms with Crippen LogP contribution in [0.15, 0.2) is 11.4 Å². The zero-order valence-electron chi connectivity index (χ0n) is 10.7. The van der Waals surface area contributed by atoms with Gasteiger partial charge in [-0.2, -0.15) is 12.7 Å². The number of anilines is 1. The van der Waals surface area contributed by atoms with Crippen molar-refractivity contribution in [1.29, 1.82) is 0 Å². The van der Waals surface area contributed by atoms with E-state index in [0.717, 1.165) is 25.8 Å². The number of hydrogen-bond acceptors (Lipinski definition) is 4. The fraction of sp³-hybridized carbons (Fsp3) is 0.364. The van der Waals surface area contributed by atoms with Gasteiger partial charge in [0, 0.05) is 30.6 Å². The summed E-state index contributed by atoms with van der Waals surface area (Å²) in [6, 6.07) is 1.95. The van der Waals surface area contributed by atoms with E-state index in [1.807, 2.05) is 19.9 Å². The van der Waals surface area contributed by atoms with Gasteiger partial charge in [-0.05, 0) is 25.5 Å². The SMILES string of the molecule is Cc1cc(C)c2c(NS(=O)(=O)N(C)C)csc2n1. The Morgan fingerprint density at radius 2 is 2.00 bits per heavy atom. The first-order valence-corrected chi connectivity index (χ1v) is 7.69. The van der Waals surface area contributed by atoms with E-state index in [4.69, 9.17) is 0 Å². The fourth-order valence-corrected chi connectivity index (χ4v) is 3.38. The Kier molecular flexibility index (Phi) is 3.31. The summed E-state index contributed by atoms with van der Waals surface area (Å²) < 4.78 is 27.4. The maximum absolute atomic E-state index is 11.8. The second kappa shape index (κ2) is 4.49. The maximum Gasteiger partial charge on any atom is 0.301 e. The predicted octanol–water partition coefficient (Wildman–Crippen LogP) is 2.13. The van der Waals surface area contributed by atoms with Gasteiger partial charge in [0.2, 0.25) is 0 Å². The van der Waals surface area contributed by atoms with Crippen molar-refractivity contribution in [2.75, 3.05) is 18.8 Å². The normalized spacial score (nSPS) is 12.3. The van der Waals surface area contributed by atoms with Gasteiger partial charge in [-0.1, -0.05) is 0 Å². The molecule has 0 saturated heterocycles. The lowest BCUT2D eigenvalue weighted by Gasteiger charge is -2.13. The number of aryl methyl sites for hydroxylation is 2. The maximum atomic E-state index is 11.8. The van der Waals surface area contributed by atoms with Crippen molar-refractivity contribution in [3.05, 3.63) is 22.7 Å². The third-order valence-electron chi connectivity index (χ3n) is 2.59. The zero-order valence-corrected chi connectivity index (χ0v) is 12.3. The average molecular weight is 285 g/mol. The van der Waals surface area contributed by atoms with Gasteiger partial charge >= 0.3 is 10.2 Å². The molecule has 1 N–H and O–H groups in total. The lowest BCUT2D eigenvalue weighted by molar-refractivity contribution is 0.527. The van der Waals surface area contributed by atoms with Crippen molar-refractivity contribution in [3.8, 4) is 0 Å². The summed E-state index contributed by atoms with van der Waals surface area (Å²) in [7, 11) is -0.493. The van der Waals surface area contributed by atoms with Crippen molar-refractivity contribution in [3.63, 3.8) is 0 Å². The number of pyridine rings is 1. The summed E-state index contributed by atoms with van der Waals surface area (Å²) in [4.78, 5) is 5.25. The number of nitrogens with one attached hydrogen (secondary N) is 1. The van der Waals surface area contributed by atoms with Gasteiger partial charge in [0.15, 0.2) is 0 Å². The van der Waals surface area contributed by atoms with E-state index in [0.29, 0.717) is 5.69 Å². The third kappa shape index (κ3) is 2.33. The van der Waals surface area contributed by atoms with E-state index in [1.165, 1.54) is 25.4 Å². The highest BCUT2D eigenvalue weighted by atomic mass is 32.2. The van der Waals surface area contributed by atoms with Crippen LogP contribution >= 0.6 is 11.3 Å². The molecular formula is C11H15N3O2S2. The average Bonchev–Trinajstić information content (AvgIpc) is 2.60. The van der Waals surface area contributed by atoms with Gasteiger partial charge in [0.05, 0.1) is 5.69 Å². The van der Waals surface area contributed by atoms with Gasteiger partial charge in [-0.25, -0.2) is 4.98 Å². The standard InChI is InChI=1S/C11H15N3O2S2/c1-7-5-8(2)12-11-10(7)9(6-17-11)13-18(15,16)14(3)4/h5-6,13H,1-4H3. The summed E-state index contributed by atoms with van der Waals surface area (Å²) in [5.74, 6) is 0. The first kappa shape index (κ1) is 13.3. The molecule has 98 valence electrons. The second-order valence-corrected chi connectivity index (χ2v) is 7.04. The van der Waals surface area contributed by atoms with Crippen LogP contribution in [0.25, 0.3) is 10.2 Å². The summed E-state index contributed by atoms with van der Waals surface area (Å²) in [6.07, 6.45) is 0. The molecule has 0 aliphatic heterocycles. The Hall–Kier alpha value is -1.18. The zero-order chi connectivity index (χ0) is 13.5. The quantitative estimate of drug-likeness (QED) is 0.939. The van der Waals surface area contributed by atoms with Crippen LogP contribution < -0.4 is 4.72 Å². The number of fused-ring (bicyclic) bond motifs is 1. The van der Waals surface area contributed by atoms with Gasteiger partial charge in [0.1, 0.15) is 4.83 Å². The number of hydrogen-bond donors (Lipinski definition) is 1. The minimum Gasteiger partial charge on any atom is -0.269 e. The van der Waals surface area contributed by atoms with Crippen molar-refractivity contribution < 1.29 is 8.42 Å². The van der Waals surface area contributed by atoms with Crippen molar-refractivity contribution >= 4 is 37.5 Å². The van der Waals surface area contributed by atoms with Gasteiger partial charge in [-0.3, -0.25) is 4.72 Å². The highest BCUT2D eigenvalue weighted by Crippen LogP contribution is 2.32. The van der Waals surface area contributed by atoms with Gasteiger partial charge < -0.3 is 0 Å². The molecule has 0 atom stereocenters. The molecule has 0 saturated carbocycles. The third-order valence-corrected chi connectivity index (χ3v) is 4.90. The molecule has 2 rings (SSSR count). The molecule has 0 amide bonds. The van der Waals surface area contributed by atoms with Gasteiger partial charge in [0.25, 0.3) is 0 Å². The van der Waals surface area contributed by atoms with Crippen molar-refractivity contribution in [1.82, 2.24) is 9.29 Å². The molecule has 2 aromatic heterocycles. The van der Waals surface area contributed by atoms with E-state index in [1.54, 1.807) is 5.38 Å². The van der Waals surface area contributed by atoms with Crippen LogP contribution in [-0.2, 0) is 10.2 Å². The molecule has 0 aliphatic rings. The smallest absolute Gasteiger partial charge is 0.269 e. The Bertz CT molecular complexity index is 690. The molecule has 0 radical (unpaired) electrons. The monoisotopic (exact) mass is 285 g/mol. The lowest BCUT2D eigenvalue weighted by atomic mass is 10.2. The van der Waals surface area contributed by atoms with Crippen LogP contribution in [0.3, 0.4) is 0 Å². The minimum atomic E-state index is -3.48. The van der Waals surface area contributed by atoms with Crippen LogP contribution in [0.2, 0.25) is 0 Å². The highest BCUT2D eigenvalue weighted by Gasteiger charge is 2.17. The minimum absolute atomic E-state index is 0.591. The van der Waals surface area contributed by atoms with E-state index in [2.05, 4.69) is 9.71 Å². The van der Waals surface area contributed by atoms with Crippen LogP contribution in [0.1, 0.15) is 11.3 Å². The Labute approximate surface area is 111 Å². The molecular weight excluding hydrogens is 270 g/mol. The molecule has 5 nitrogen and oxygen atoms in total. The first-order chi connectivity index (χ1) is 8.31. The largest absolute Gasteiger partial charge is 0.301 e. The molecule has 2 aromatic rings. The number of rotatable bonds is 3. The second-order valence-electron chi connectivity index (χ2n) is 4.30. The highest BCUT2D eigenvalue weighted by molar-refractivity contribution is 7.90. The first-order valence-electron chi connectivity index (χ1n) is 5.37. The molecule has 7 heteroatoms. The summed E-state index contributed by atoms with van der Waals surface area (Å²) >= 11 is 1.44. The number of thiophene rings is 1. The topological polar surface area (TPSA) is 62.3 Å². The van der Waals surface area contributed by atoms with Crippen LogP contribution in [0.4, 0.5) is 5.69 Å². The Balaban J connectivity index is 2.54. The summed E-state index contributed by atoms with van der Waals surface area (Å²) in [6.45, 7) is 3.88. The van der Waals surface area contributed by atoms with Crippen molar-refractivity contribution in [2.24, 2.45) is 0 Å². The lowest BCUT2D eigenvalue weighted by Crippen LogP contribution is -2.28. The fourth-order valence-electron chi connectivity index (χ4n) is 1.69. The van der Waals surface area contributed by atoms with Crippen molar-refractivity contribution in [2.45, 2.75) is 13.8 Å². The van der Waals surface area contributed by atoms with Gasteiger partial charge in [-0.15, -0.1) is 11.3 Å². The Morgan fingerprint density at radius 1 is 1.33 bits per heavy atom. The van der Waals surface area contributed by atoms with E-state index in [9.17, 15) is 8.42 Å². The van der Waals surface area contributed by atoms with Crippen LogP contribution in [-0.4, -0.2) is 31.8 Å². The summed E-state index contributed by atoms with van der Waals surface area (Å²) in [5, 5.41) is 2.65. The number of aromatic nitrogens is 1. The molecule has 0 aromatic carbocycles. The predicted molar refractivity (Wildman–Crippen MR) is 75.3 cm³/mol. The molecule has 18 heavy (non-hydrogen) atoms. The molecule has 2 heterocycles. The Morgan fingerprint density at radius 3 is 2.61 bits per heavy atom. The molecule has 0 bridgehead atoms. The number of nitrogens with zero attached hydrogens (tertiary/aromatic N) is 2. The van der Waals surface area contributed by atoms with E-state index >= 15 is 0 Å². The van der Waals surface area contributed by atoms with E-state index in [-0.39, 0.29) is 0 Å². The molecule has 0 unspecified atom stereocenters. The van der Waals surface area contributed by atoms with Crippen LogP contribution in [0.5, 0.6) is 0 Å². The van der Waals surface area contributed by atoms with Crippen LogP contribution in [0, 0.1) is 13.8 Å². The van der Waals surface area contributed by atoms with E-state index < -0.39 is 10.2 Å². The molecule has 0 aliphatic carbocycles. The summed E-state index contributed by atoms with van der Waals surface area (Å²) in [5.41, 5.74) is 2.55.